The van der Waals surface area contributed by atoms with Gasteiger partial charge in [0.2, 0.25) is 0 Å². The molecule has 1 N–H and O–H groups in total. The molecule has 1 aromatic heterocycles. The van der Waals surface area contributed by atoms with Crippen molar-refractivity contribution in [1.82, 2.24) is 10.2 Å². The van der Waals surface area contributed by atoms with Gasteiger partial charge in [0.05, 0.1) is 15.7 Å². The zero-order valence-corrected chi connectivity index (χ0v) is 14.6. The highest BCUT2D eigenvalue weighted by Crippen LogP contribution is 2.30. The molecule has 2 aromatic rings. The first kappa shape index (κ1) is 17.0. The SMILES string of the molecule is O=C(Nc1c(Cl)cccc1Cl)c1ccc(N2CCCCCC2)nn1. The number of para-hydroxylation sites is 1. The number of nitrogens with zero attached hydrogens (tertiary/aromatic N) is 3. The molecule has 126 valence electrons. The fourth-order valence-electron chi connectivity index (χ4n) is 2.71. The second-order valence-corrected chi connectivity index (χ2v) is 6.54. The van der Waals surface area contributed by atoms with Gasteiger partial charge in [-0.3, -0.25) is 4.79 Å². The molecule has 1 fully saturated rings. The zero-order valence-electron chi connectivity index (χ0n) is 13.1. The molecule has 0 unspecified atom stereocenters. The minimum atomic E-state index is -0.389. The summed E-state index contributed by atoms with van der Waals surface area (Å²) in [4.78, 5) is 14.5. The number of benzene rings is 1. The van der Waals surface area contributed by atoms with Crippen LogP contribution in [0.4, 0.5) is 11.5 Å². The van der Waals surface area contributed by atoms with E-state index in [4.69, 9.17) is 23.2 Å². The molecule has 1 saturated heterocycles. The second-order valence-electron chi connectivity index (χ2n) is 5.73. The lowest BCUT2D eigenvalue weighted by atomic mass is 10.2. The zero-order chi connectivity index (χ0) is 16.9. The van der Waals surface area contributed by atoms with Crippen molar-refractivity contribution in [3.8, 4) is 0 Å². The Morgan fingerprint density at radius 2 is 1.62 bits per heavy atom. The van der Waals surface area contributed by atoms with Gasteiger partial charge >= 0.3 is 0 Å². The van der Waals surface area contributed by atoms with Crippen LogP contribution in [0.3, 0.4) is 0 Å². The number of amides is 1. The molecule has 3 rings (SSSR count). The number of aromatic nitrogens is 2. The molecule has 1 amide bonds. The highest BCUT2D eigenvalue weighted by Gasteiger charge is 2.15. The van der Waals surface area contributed by atoms with E-state index >= 15 is 0 Å². The Labute approximate surface area is 151 Å². The summed E-state index contributed by atoms with van der Waals surface area (Å²) < 4.78 is 0. The molecule has 5 nitrogen and oxygen atoms in total. The van der Waals surface area contributed by atoms with Crippen LogP contribution in [0.15, 0.2) is 30.3 Å². The molecule has 0 radical (unpaired) electrons. The van der Waals surface area contributed by atoms with Crippen LogP contribution >= 0.6 is 23.2 Å². The minimum Gasteiger partial charge on any atom is -0.355 e. The van der Waals surface area contributed by atoms with E-state index in [1.165, 1.54) is 12.8 Å². The average molecular weight is 365 g/mol. The van der Waals surface area contributed by atoms with Crippen LogP contribution < -0.4 is 10.2 Å². The van der Waals surface area contributed by atoms with E-state index in [0.717, 1.165) is 31.7 Å². The topological polar surface area (TPSA) is 58.1 Å². The predicted molar refractivity (Wildman–Crippen MR) is 97.1 cm³/mol. The Balaban J connectivity index is 1.72. The van der Waals surface area contributed by atoms with Crippen molar-refractivity contribution in [1.29, 1.82) is 0 Å². The van der Waals surface area contributed by atoms with Crippen LogP contribution in [-0.2, 0) is 0 Å². The number of nitrogens with one attached hydrogen (secondary N) is 1. The van der Waals surface area contributed by atoms with Crippen LogP contribution in [0.2, 0.25) is 10.0 Å². The third kappa shape index (κ3) is 3.97. The van der Waals surface area contributed by atoms with Crippen LogP contribution in [0.25, 0.3) is 0 Å². The fourth-order valence-corrected chi connectivity index (χ4v) is 3.20. The Kier molecular flexibility index (Phi) is 5.53. The molecule has 1 aromatic carbocycles. The Morgan fingerprint density at radius 3 is 2.21 bits per heavy atom. The van der Waals surface area contributed by atoms with Gasteiger partial charge in [-0.05, 0) is 37.1 Å². The smallest absolute Gasteiger partial charge is 0.276 e. The maximum atomic E-state index is 12.3. The Bertz CT molecular complexity index is 693. The molecule has 1 aliphatic heterocycles. The number of halogens is 2. The standard InChI is InChI=1S/C17H18Cl2N4O/c18-12-6-5-7-13(19)16(12)20-17(24)14-8-9-15(22-21-14)23-10-3-1-2-4-11-23/h5-9H,1-4,10-11H2,(H,20,24). The monoisotopic (exact) mass is 364 g/mol. The van der Waals surface area contributed by atoms with E-state index in [0.29, 0.717) is 15.7 Å². The molecule has 0 saturated carbocycles. The van der Waals surface area contributed by atoms with E-state index in [1.807, 2.05) is 6.07 Å². The van der Waals surface area contributed by atoms with Crippen molar-refractivity contribution < 1.29 is 4.79 Å². The summed E-state index contributed by atoms with van der Waals surface area (Å²) in [6.45, 7) is 1.96. The highest BCUT2D eigenvalue weighted by atomic mass is 35.5. The molecule has 7 heteroatoms. The Hall–Kier alpha value is -1.85. The number of carbonyl (C=O) groups excluding carboxylic acids is 1. The first-order chi connectivity index (χ1) is 11.6. The van der Waals surface area contributed by atoms with Gasteiger partial charge < -0.3 is 10.2 Å². The van der Waals surface area contributed by atoms with Crippen molar-refractivity contribution in [2.75, 3.05) is 23.3 Å². The number of hydrogen-bond acceptors (Lipinski definition) is 4. The fraction of sp³-hybridized carbons (Fsp3) is 0.353. The molecule has 0 atom stereocenters. The maximum absolute atomic E-state index is 12.3. The van der Waals surface area contributed by atoms with E-state index in [1.54, 1.807) is 24.3 Å². The number of rotatable bonds is 3. The summed E-state index contributed by atoms with van der Waals surface area (Å²) in [6.07, 6.45) is 4.83. The van der Waals surface area contributed by atoms with E-state index in [-0.39, 0.29) is 11.6 Å². The van der Waals surface area contributed by atoms with Crippen molar-refractivity contribution in [2.45, 2.75) is 25.7 Å². The van der Waals surface area contributed by atoms with Crippen LogP contribution in [0.5, 0.6) is 0 Å². The molecule has 24 heavy (non-hydrogen) atoms. The lowest BCUT2D eigenvalue weighted by Crippen LogP contribution is -2.25. The predicted octanol–water partition coefficient (Wildman–Crippen LogP) is 4.42. The van der Waals surface area contributed by atoms with Gasteiger partial charge in [0.25, 0.3) is 5.91 Å². The average Bonchev–Trinajstić information content (AvgIpc) is 2.88. The first-order valence-electron chi connectivity index (χ1n) is 7.99. The van der Waals surface area contributed by atoms with E-state index in [9.17, 15) is 4.79 Å². The minimum absolute atomic E-state index is 0.226. The van der Waals surface area contributed by atoms with Gasteiger partial charge in [-0.1, -0.05) is 42.1 Å². The molecule has 1 aliphatic rings. The Morgan fingerprint density at radius 1 is 0.958 bits per heavy atom. The van der Waals surface area contributed by atoms with E-state index in [2.05, 4.69) is 20.4 Å². The third-order valence-electron chi connectivity index (χ3n) is 4.01. The quantitative estimate of drug-likeness (QED) is 0.875. The molecular formula is C17H18Cl2N4O. The summed E-state index contributed by atoms with van der Waals surface area (Å²) >= 11 is 12.1. The lowest BCUT2D eigenvalue weighted by molar-refractivity contribution is 0.102. The largest absolute Gasteiger partial charge is 0.355 e. The molecular weight excluding hydrogens is 347 g/mol. The summed E-state index contributed by atoms with van der Waals surface area (Å²) in [5.74, 6) is 0.421. The number of carbonyl (C=O) groups is 1. The van der Waals surface area contributed by atoms with Crippen molar-refractivity contribution in [2.24, 2.45) is 0 Å². The van der Waals surface area contributed by atoms with Gasteiger partial charge in [-0.15, -0.1) is 10.2 Å². The molecule has 0 aliphatic carbocycles. The highest BCUT2D eigenvalue weighted by molar-refractivity contribution is 6.39. The van der Waals surface area contributed by atoms with Crippen molar-refractivity contribution >= 4 is 40.6 Å². The number of anilines is 2. The lowest BCUT2D eigenvalue weighted by Gasteiger charge is -2.20. The summed E-state index contributed by atoms with van der Waals surface area (Å²) in [5.41, 5.74) is 0.605. The third-order valence-corrected chi connectivity index (χ3v) is 4.64. The van der Waals surface area contributed by atoms with Gasteiger partial charge in [0.1, 0.15) is 0 Å². The van der Waals surface area contributed by atoms with Crippen LogP contribution in [0, 0.1) is 0 Å². The van der Waals surface area contributed by atoms with E-state index < -0.39 is 0 Å². The first-order valence-corrected chi connectivity index (χ1v) is 8.75. The number of hydrogen-bond donors (Lipinski definition) is 1. The summed E-state index contributed by atoms with van der Waals surface area (Å²) in [5, 5.41) is 11.7. The van der Waals surface area contributed by atoms with Gasteiger partial charge in [0.15, 0.2) is 11.5 Å². The maximum Gasteiger partial charge on any atom is 0.276 e. The van der Waals surface area contributed by atoms with Gasteiger partial charge in [-0.25, -0.2) is 0 Å². The van der Waals surface area contributed by atoms with Crippen molar-refractivity contribution in [3.63, 3.8) is 0 Å². The van der Waals surface area contributed by atoms with Crippen LogP contribution in [-0.4, -0.2) is 29.2 Å². The normalized spacial score (nSPS) is 15.0. The van der Waals surface area contributed by atoms with Gasteiger partial charge in [0, 0.05) is 13.1 Å². The molecule has 0 bridgehead atoms. The van der Waals surface area contributed by atoms with Crippen molar-refractivity contribution in [3.05, 3.63) is 46.1 Å². The summed E-state index contributed by atoms with van der Waals surface area (Å²) in [6, 6.07) is 8.55. The second kappa shape index (κ2) is 7.81. The van der Waals surface area contributed by atoms with Gasteiger partial charge in [-0.2, -0.15) is 0 Å². The van der Waals surface area contributed by atoms with Crippen LogP contribution in [0.1, 0.15) is 36.2 Å². The summed E-state index contributed by atoms with van der Waals surface area (Å²) in [7, 11) is 0. The molecule has 0 spiro atoms. The molecule has 2 heterocycles.